The van der Waals surface area contributed by atoms with Gasteiger partial charge in [-0.05, 0) is 47.9 Å². The Kier molecular flexibility index (Phi) is 7.43. The number of rotatable bonds is 7. The second kappa shape index (κ2) is 10.5. The van der Waals surface area contributed by atoms with Gasteiger partial charge in [-0.1, -0.05) is 68.8 Å². The highest BCUT2D eigenvalue weighted by atomic mass is 16.5. The first kappa shape index (κ1) is 24.8. The SMILES string of the molecule is CCC(C)C(NC(=O)OCC1c2ccccc2-c2ccccc21)C(=O)N1CCC[C@@H](C(=O)O)[C@H]1C. The van der Waals surface area contributed by atoms with Crippen LogP contribution >= 0.6 is 0 Å². The fourth-order valence-electron chi connectivity index (χ4n) is 5.41. The van der Waals surface area contributed by atoms with Crippen LogP contribution in [-0.4, -0.2) is 53.2 Å². The van der Waals surface area contributed by atoms with Gasteiger partial charge >= 0.3 is 12.1 Å². The zero-order valence-corrected chi connectivity index (χ0v) is 20.6. The summed E-state index contributed by atoms with van der Waals surface area (Å²) in [7, 11) is 0. The van der Waals surface area contributed by atoms with E-state index in [-0.39, 0.29) is 24.3 Å². The molecule has 2 N–H and O–H groups in total. The van der Waals surface area contributed by atoms with Gasteiger partial charge in [0.1, 0.15) is 12.6 Å². The lowest BCUT2D eigenvalue weighted by Crippen LogP contribution is -2.57. The molecule has 2 aliphatic rings. The summed E-state index contributed by atoms with van der Waals surface area (Å²) in [5, 5.41) is 12.3. The van der Waals surface area contributed by atoms with Gasteiger partial charge in [0.25, 0.3) is 0 Å². The Morgan fingerprint density at radius 3 is 2.26 bits per heavy atom. The summed E-state index contributed by atoms with van der Waals surface area (Å²) in [6, 6.07) is 15.1. The molecule has 7 nitrogen and oxygen atoms in total. The Labute approximate surface area is 206 Å². The van der Waals surface area contributed by atoms with E-state index < -0.39 is 30.1 Å². The van der Waals surface area contributed by atoms with Crippen LogP contribution in [0.1, 0.15) is 57.1 Å². The van der Waals surface area contributed by atoms with Crippen LogP contribution in [0.5, 0.6) is 0 Å². The number of carboxylic acid groups (broad SMARTS) is 1. The number of nitrogens with zero attached hydrogens (tertiary/aromatic N) is 1. The summed E-state index contributed by atoms with van der Waals surface area (Å²) in [5.41, 5.74) is 4.55. The normalized spacial score (nSPS) is 20.9. The number of likely N-dealkylation sites (tertiary alicyclic amines) is 1. The van der Waals surface area contributed by atoms with Gasteiger partial charge in [-0.3, -0.25) is 9.59 Å². The molecule has 2 aromatic rings. The van der Waals surface area contributed by atoms with E-state index in [2.05, 4.69) is 29.6 Å². The molecule has 186 valence electrons. The highest BCUT2D eigenvalue weighted by Gasteiger charge is 2.39. The van der Waals surface area contributed by atoms with Crippen molar-refractivity contribution in [1.82, 2.24) is 10.2 Å². The fraction of sp³-hybridized carbons (Fsp3) is 0.464. The molecule has 2 unspecified atom stereocenters. The first-order valence-electron chi connectivity index (χ1n) is 12.5. The third-order valence-corrected chi connectivity index (χ3v) is 7.68. The zero-order chi connectivity index (χ0) is 25.1. The molecular formula is C28H34N2O5. The molecule has 1 heterocycles. The molecule has 0 radical (unpaired) electrons. The van der Waals surface area contributed by atoms with Gasteiger partial charge in [-0.15, -0.1) is 0 Å². The summed E-state index contributed by atoms with van der Waals surface area (Å²) in [4.78, 5) is 39.6. The van der Waals surface area contributed by atoms with Crippen LogP contribution in [0.25, 0.3) is 11.1 Å². The van der Waals surface area contributed by atoms with Gasteiger partial charge in [0.15, 0.2) is 0 Å². The van der Waals surface area contributed by atoms with Crippen LogP contribution in [0.15, 0.2) is 48.5 Å². The van der Waals surface area contributed by atoms with Crippen molar-refractivity contribution in [3.05, 3.63) is 59.7 Å². The molecule has 1 fully saturated rings. The van der Waals surface area contributed by atoms with Crippen LogP contribution in [0.4, 0.5) is 4.79 Å². The Morgan fingerprint density at radius 1 is 1.09 bits per heavy atom. The number of amides is 2. The van der Waals surface area contributed by atoms with Crippen molar-refractivity contribution in [2.45, 2.75) is 58.0 Å². The number of carboxylic acids is 1. The van der Waals surface area contributed by atoms with Crippen LogP contribution in [-0.2, 0) is 14.3 Å². The third-order valence-electron chi connectivity index (χ3n) is 7.68. The van der Waals surface area contributed by atoms with Gasteiger partial charge in [0.2, 0.25) is 5.91 Å². The largest absolute Gasteiger partial charge is 0.481 e. The predicted octanol–water partition coefficient (Wildman–Crippen LogP) is 4.65. The van der Waals surface area contributed by atoms with Crippen LogP contribution in [0, 0.1) is 11.8 Å². The number of fused-ring (bicyclic) bond motifs is 3. The number of aliphatic carboxylic acids is 1. The van der Waals surface area contributed by atoms with Crippen molar-refractivity contribution in [3.8, 4) is 11.1 Å². The van der Waals surface area contributed by atoms with E-state index in [0.29, 0.717) is 25.8 Å². The van der Waals surface area contributed by atoms with E-state index in [0.717, 1.165) is 22.3 Å². The van der Waals surface area contributed by atoms with Gasteiger partial charge in [-0.25, -0.2) is 4.79 Å². The van der Waals surface area contributed by atoms with Gasteiger partial charge in [0.05, 0.1) is 5.92 Å². The summed E-state index contributed by atoms with van der Waals surface area (Å²) in [5.74, 6) is -1.92. The molecule has 35 heavy (non-hydrogen) atoms. The summed E-state index contributed by atoms with van der Waals surface area (Å²) in [6.45, 7) is 6.31. The Balaban J connectivity index is 1.45. The minimum atomic E-state index is -0.889. The van der Waals surface area contributed by atoms with E-state index in [4.69, 9.17) is 4.74 Å². The average Bonchev–Trinajstić information content (AvgIpc) is 3.19. The second-order valence-electron chi connectivity index (χ2n) is 9.69. The van der Waals surface area contributed by atoms with Gasteiger partial charge in [0, 0.05) is 18.5 Å². The molecule has 1 aliphatic carbocycles. The molecule has 0 aromatic heterocycles. The number of hydrogen-bond donors (Lipinski definition) is 2. The molecule has 1 saturated heterocycles. The molecule has 2 aromatic carbocycles. The standard InChI is InChI=1S/C28H34N2O5/c1-4-17(2)25(26(31)30-15-9-14-19(18(30)3)27(32)33)29-28(34)35-16-24-22-12-7-5-10-20(22)21-11-6-8-13-23(21)24/h5-8,10-13,17-19,24-25H,4,9,14-16H2,1-3H3,(H,29,34)(H,32,33)/t17?,18-,19-,25?/m1/s1. The van der Waals surface area contributed by atoms with Crippen LogP contribution in [0.3, 0.4) is 0 Å². The number of hydrogen-bond acceptors (Lipinski definition) is 4. The van der Waals surface area contributed by atoms with Crippen molar-refractivity contribution in [2.75, 3.05) is 13.2 Å². The Bertz CT molecular complexity index is 1050. The first-order valence-corrected chi connectivity index (χ1v) is 12.5. The number of piperidine rings is 1. The highest BCUT2D eigenvalue weighted by Crippen LogP contribution is 2.44. The number of carbonyl (C=O) groups excluding carboxylic acids is 2. The van der Waals surface area contributed by atoms with E-state index in [9.17, 15) is 19.5 Å². The lowest BCUT2D eigenvalue weighted by atomic mass is 9.88. The first-order chi connectivity index (χ1) is 16.8. The topological polar surface area (TPSA) is 95.9 Å². The summed E-state index contributed by atoms with van der Waals surface area (Å²) >= 11 is 0. The number of carbonyl (C=O) groups is 3. The molecule has 4 atom stereocenters. The Morgan fingerprint density at radius 2 is 1.69 bits per heavy atom. The van der Waals surface area contributed by atoms with E-state index in [1.54, 1.807) is 11.8 Å². The van der Waals surface area contributed by atoms with Gasteiger partial charge in [-0.2, -0.15) is 0 Å². The molecule has 7 heteroatoms. The highest BCUT2D eigenvalue weighted by molar-refractivity contribution is 5.87. The van der Waals surface area contributed by atoms with Crippen LogP contribution in [0.2, 0.25) is 0 Å². The maximum Gasteiger partial charge on any atom is 0.407 e. The second-order valence-corrected chi connectivity index (χ2v) is 9.69. The van der Waals surface area contributed by atoms with Gasteiger partial charge < -0.3 is 20.1 Å². The van der Waals surface area contributed by atoms with Crippen molar-refractivity contribution in [1.29, 1.82) is 0 Å². The summed E-state index contributed by atoms with van der Waals surface area (Å²) < 4.78 is 5.67. The lowest BCUT2D eigenvalue weighted by molar-refractivity contribution is -0.150. The predicted molar refractivity (Wildman–Crippen MR) is 133 cm³/mol. The molecule has 0 saturated carbocycles. The third kappa shape index (κ3) is 4.90. The maximum absolute atomic E-state index is 13.5. The molecular weight excluding hydrogens is 444 g/mol. The quantitative estimate of drug-likeness (QED) is 0.604. The fourth-order valence-corrected chi connectivity index (χ4v) is 5.41. The minimum absolute atomic E-state index is 0.0654. The number of benzene rings is 2. The zero-order valence-electron chi connectivity index (χ0n) is 20.6. The summed E-state index contributed by atoms with van der Waals surface area (Å²) in [6.07, 6.45) is 1.23. The number of ether oxygens (including phenoxy) is 1. The van der Waals surface area contributed by atoms with E-state index >= 15 is 0 Å². The van der Waals surface area contributed by atoms with E-state index in [1.165, 1.54) is 0 Å². The molecule has 0 spiro atoms. The molecule has 2 amide bonds. The average molecular weight is 479 g/mol. The Hall–Kier alpha value is -3.35. The number of alkyl carbamates (subject to hydrolysis) is 1. The van der Waals surface area contributed by atoms with E-state index in [1.807, 2.05) is 38.1 Å². The monoisotopic (exact) mass is 478 g/mol. The lowest BCUT2D eigenvalue weighted by Gasteiger charge is -2.40. The molecule has 0 bridgehead atoms. The van der Waals surface area contributed by atoms with Crippen LogP contribution < -0.4 is 5.32 Å². The maximum atomic E-state index is 13.5. The number of nitrogens with one attached hydrogen (secondary N) is 1. The minimum Gasteiger partial charge on any atom is -0.481 e. The van der Waals surface area contributed by atoms with Crippen molar-refractivity contribution in [2.24, 2.45) is 11.8 Å². The smallest absolute Gasteiger partial charge is 0.407 e. The van der Waals surface area contributed by atoms with Crippen molar-refractivity contribution >= 4 is 18.0 Å². The van der Waals surface area contributed by atoms with Crippen molar-refractivity contribution < 1.29 is 24.2 Å². The van der Waals surface area contributed by atoms with Crippen molar-refractivity contribution in [3.63, 3.8) is 0 Å². The molecule has 1 aliphatic heterocycles. The molecule has 4 rings (SSSR count).